The van der Waals surface area contributed by atoms with Gasteiger partial charge in [0.05, 0.1) is 0 Å². The second-order valence-electron chi connectivity index (χ2n) is 1.60. The summed E-state index contributed by atoms with van der Waals surface area (Å²) < 4.78 is 0.900. The fourth-order valence-electron chi connectivity index (χ4n) is 0.510. The Kier molecular flexibility index (Phi) is 12.6. The standard InChI is InChI=1S/C6H6BrN.2C2H6/c1-5-3-2-4-6(7)8-5;2*1-2/h2-4H,1H3;2*1-2H3. The van der Waals surface area contributed by atoms with Gasteiger partial charge in [0.15, 0.2) is 0 Å². The van der Waals surface area contributed by atoms with Crippen molar-refractivity contribution >= 4 is 15.9 Å². The summed E-state index contributed by atoms with van der Waals surface area (Å²) in [6.45, 7) is 9.96. The molecule has 70 valence electrons. The van der Waals surface area contributed by atoms with Crippen LogP contribution in [0.25, 0.3) is 0 Å². The number of aryl methyl sites for hydroxylation is 1. The molecule has 0 aromatic carbocycles. The quantitative estimate of drug-likeness (QED) is 0.610. The summed E-state index contributed by atoms with van der Waals surface area (Å²) in [5.41, 5.74) is 1.04. The van der Waals surface area contributed by atoms with Crippen LogP contribution in [0, 0.1) is 6.92 Å². The van der Waals surface area contributed by atoms with Crippen LogP contribution in [0.3, 0.4) is 0 Å². The zero-order valence-corrected chi connectivity index (χ0v) is 10.1. The van der Waals surface area contributed by atoms with E-state index in [0.29, 0.717) is 0 Å². The van der Waals surface area contributed by atoms with E-state index in [1.807, 2.05) is 52.8 Å². The molecule has 12 heavy (non-hydrogen) atoms. The third kappa shape index (κ3) is 7.73. The molecule has 1 rings (SSSR count). The van der Waals surface area contributed by atoms with E-state index in [1.54, 1.807) is 0 Å². The van der Waals surface area contributed by atoms with Gasteiger partial charge in [-0.15, -0.1) is 0 Å². The number of hydrogen-bond donors (Lipinski definition) is 0. The van der Waals surface area contributed by atoms with Gasteiger partial charge < -0.3 is 0 Å². The first-order chi connectivity index (χ1) is 5.79. The summed E-state index contributed by atoms with van der Waals surface area (Å²) in [5.74, 6) is 0. The van der Waals surface area contributed by atoms with Gasteiger partial charge in [-0.05, 0) is 35.0 Å². The SMILES string of the molecule is CC.CC.Cc1cccc(Br)n1. The zero-order chi connectivity index (χ0) is 9.98. The smallest absolute Gasteiger partial charge is 0.106 e. The number of halogens is 1. The molecule has 2 heteroatoms. The van der Waals surface area contributed by atoms with Crippen molar-refractivity contribution in [2.75, 3.05) is 0 Å². The van der Waals surface area contributed by atoms with Gasteiger partial charge in [-0.2, -0.15) is 0 Å². The van der Waals surface area contributed by atoms with E-state index in [0.717, 1.165) is 10.3 Å². The van der Waals surface area contributed by atoms with Gasteiger partial charge in [0.1, 0.15) is 4.60 Å². The van der Waals surface area contributed by atoms with E-state index in [1.165, 1.54) is 0 Å². The number of aromatic nitrogens is 1. The van der Waals surface area contributed by atoms with Crippen LogP contribution < -0.4 is 0 Å². The first-order valence-corrected chi connectivity index (χ1v) is 5.17. The highest BCUT2D eigenvalue weighted by Gasteiger charge is 1.83. The molecule has 0 radical (unpaired) electrons. The molecule has 0 atom stereocenters. The molecule has 0 amide bonds. The predicted molar refractivity (Wildman–Crippen MR) is 59.4 cm³/mol. The lowest BCUT2D eigenvalue weighted by Gasteiger charge is -1.88. The molecule has 1 aromatic heterocycles. The Balaban J connectivity index is 0. The van der Waals surface area contributed by atoms with Gasteiger partial charge >= 0.3 is 0 Å². The van der Waals surface area contributed by atoms with Crippen molar-refractivity contribution in [1.82, 2.24) is 4.98 Å². The van der Waals surface area contributed by atoms with E-state index in [4.69, 9.17) is 0 Å². The van der Waals surface area contributed by atoms with E-state index < -0.39 is 0 Å². The molecule has 0 saturated carbocycles. The Morgan fingerprint density at radius 2 is 1.58 bits per heavy atom. The maximum absolute atomic E-state index is 4.09. The first kappa shape index (κ1) is 14.2. The Morgan fingerprint density at radius 1 is 1.08 bits per heavy atom. The van der Waals surface area contributed by atoms with Crippen LogP contribution in [0.4, 0.5) is 0 Å². The normalized spacial score (nSPS) is 7.17. The molecule has 1 nitrogen and oxygen atoms in total. The topological polar surface area (TPSA) is 12.9 Å². The predicted octanol–water partition coefficient (Wildman–Crippen LogP) is 4.20. The number of hydrogen-bond acceptors (Lipinski definition) is 1. The maximum atomic E-state index is 4.09. The van der Waals surface area contributed by atoms with Crippen molar-refractivity contribution in [3.8, 4) is 0 Å². The third-order valence-electron chi connectivity index (χ3n) is 0.854. The van der Waals surface area contributed by atoms with E-state index in [2.05, 4.69) is 20.9 Å². The number of nitrogens with zero attached hydrogens (tertiary/aromatic N) is 1. The van der Waals surface area contributed by atoms with Gasteiger partial charge in [0.2, 0.25) is 0 Å². The Bertz CT molecular complexity index is 170. The van der Waals surface area contributed by atoms with Crippen LogP contribution in [-0.2, 0) is 0 Å². The molecule has 0 unspecified atom stereocenters. The van der Waals surface area contributed by atoms with E-state index >= 15 is 0 Å². The highest BCUT2D eigenvalue weighted by Crippen LogP contribution is 2.04. The monoisotopic (exact) mass is 231 g/mol. The average molecular weight is 232 g/mol. The molecule has 0 N–H and O–H groups in total. The van der Waals surface area contributed by atoms with Crippen LogP contribution >= 0.6 is 15.9 Å². The molecule has 0 bridgehead atoms. The Hall–Kier alpha value is -0.370. The summed E-state index contributed by atoms with van der Waals surface area (Å²) in [5, 5.41) is 0. The highest BCUT2D eigenvalue weighted by atomic mass is 79.9. The molecule has 0 fully saturated rings. The molecule has 0 aliphatic rings. The van der Waals surface area contributed by atoms with Gasteiger partial charge in [0.25, 0.3) is 0 Å². The van der Waals surface area contributed by atoms with E-state index in [-0.39, 0.29) is 0 Å². The highest BCUT2D eigenvalue weighted by molar-refractivity contribution is 9.10. The van der Waals surface area contributed by atoms with Crippen molar-refractivity contribution in [3.05, 3.63) is 28.5 Å². The van der Waals surface area contributed by atoms with Gasteiger partial charge in [0, 0.05) is 5.69 Å². The molecule has 1 heterocycles. The minimum Gasteiger partial charge on any atom is -0.246 e. The van der Waals surface area contributed by atoms with Crippen molar-refractivity contribution in [3.63, 3.8) is 0 Å². The lowest BCUT2D eigenvalue weighted by Crippen LogP contribution is -1.77. The number of rotatable bonds is 0. The Morgan fingerprint density at radius 3 is 1.83 bits per heavy atom. The summed E-state index contributed by atoms with van der Waals surface area (Å²) in [6, 6.07) is 5.84. The van der Waals surface area contributed by atoms with Crippen molar-refractivity contribution in [2.45, 2.75) is 34.6 Å². The maximum Gasteiger partial charge on any atom is 0.106 e. The van der Waals surface area contributed by atoms with Gasteiger partial charge in [-0.3, -0.25) is 0 Å². The largest absolute Gasteiger partial charge is 0.246 e. The third-order valence-corrected chi connectivity index (χ3v) is 1.30. The summed E-state index contributed by atoms with van der Waals surface area (Å²) in [7, 11) is 0. The molecule has 1 aromatic rings. The Labute approximate surface area is 84.4 Å². The van der Waals surface area contributed by atoms with Crippen LogP contribution in [0.1, 0.15) is 33.4 Å². The molecular weight excluding hydrogens is 214 g/mol. The van der Waals surface area contributed by atoms with Crippen LogP contribution in [0.15, 0.2) is 22.8 Å². The first-order valence-electron chi connectivity index (χ1n) is 4.38. The second kappa shape index (κ2) is 10.6. The second-order valence-corrected chi connectivity index (χ2v) is 2.41. The molecule has 0 aliphatic heterocycles. The van der Waals surface area contributed by atoms with Crippen molar-refractivity contribution in [1.29, 1.82) is 0 Å². The van der Waals surface area contributed by atoms with Gasteiger partial charge in [-0.1, -0.05) is 33.8 Å². The zero-order valence-electron chi connectivity index (χ0n) is 8.56. The van der Waals surface area contributed by atoms with Crippen LogP contribution in [-0.4, -0.2) is 4.98 Å². The lowest BCUT2D eigenvalue weighted by molar-refractivity contribution is 1.17. The fraction of sp³-hybridized carbons (Fsp3) is 0.500. The molecule has 0 spiro atoms. The fourth-order valence-corrected chi connectivity index (χ4v) is 0.942. The van der Waals surface area contributed by atoms with Crippen LogP contribution in [0.5, 0.6) is 0 Å². The summed E-state index contributed by atoms with van der Waals surface area (Å²) in [4.78, 5) is 4.09. The minimum atomic E-state index is 0.900. The molecule has 0 aliphatic carbocycles. The minimum absolute atomic E-state index is 0.900. The average Bonchev–Trinajstić information content (AvgIpc) is 2.11. The van der Waals surface area contributed by atoms with Crippen LogP contribution in [0.2, 0.25) is 0 Å². The summed E-state index contributed by atoms with van der Waals surface area (Å²) in [6.07, 6.45) is 0. The van der Waals surface area contributed by atoms with Crippen molar-refractivity contribution in [2.24, 2.45) is 0 Å². The van der Waals surface area contributed by atoms with Crippen molar-refractivity contribution < 1.29 is 0 Å². The van der Waals surface area contributed by atoms with Gasteiger partial charge in [-0.25, -0.2) is 4.98 Å². The summed E-state index contributed by atoms with van der Waals surface area (Å²) >= 11 is 3.25. The molecule has 0 saturated heterocycles. The van der Waals surface area contributed by atoms with E-state index in [9.17, 15) is 0 Å². The number of pyridine rings is 1. The lowest BCUT2D eigenvalue weighted by atomic mass is 10.4. The molecular formula is C10H18BrN.